The second-order valence-corrected chi connectivity index (χ2v) is 6.46. The first-order valence-electron chi connectivity index (χ1n) is 8.95. The molecule has 1 aromatic carbocycles. The van der Waals surface area contributed by atoms with Gasteiger partial charge in [-0.15, -0.1) is 0 Å². The van der Waals surface area contributed by atoms with Gasteiger partial charge in [-0.1, -0.05) is 31.2 Å². The van der Waals surface area contributed by atoms with Crippen molar-refractivity contribution >= 4 is 0 Å². The fourth-order valence-electron chi connectivity index (χ4n) is 2.89. The Labute approximate surface area is 152 Å². The Kier molecular flexibility index (Phi) is 7.34. The van der Waals surface area contributed by atoms with E-state index < -0.39 is 0 Å². The van der Waals surface area contributed by atoms with Crippen LogP contribution in [0.1, 0.15) is 40.6 Å². The van der Waals surface area contributed by atoms with E-state index in [1.54, 1.807) is 0 Å². The van der Waals surface area contributed by atoms with Crippen molar-refractivity contribution in [1.29, 1.82) is 0 Å². The molecule has 0 fully saturated rings. The highest BCUT2D eigenvalue weighted by Crippen LogP contribution is 2.15. The molecular formula is C23H28N2. The molecule has 2 bridgehead atoms. The number of hydrogen-bond donors (Lipinski definition) is 0. The van der Waals surface area contributed by atoms with Gasteiger partial charge in [0, 0.05) is 23.8 Å². The molecule has 4 rings (SSSR count). The number of fused-ring (bicyclic) bond motifs is 2. The molecule has 1 aliphatic rings. The Morgan fingerprint density at radius 2 is 1.36 bits per heavy atom. The van der Waals surface area contributed by atoms with Crippen LogP contribution in [-0.2, 0) is 19.3 Å². The predicted molar refractivity (Wildman–Crippen MR) is 106 cm³/mol. The lowest BCUT2D eigenvalue weighted by molar-refractivity contribution is 1.03. The van der Waals surface area contributed by atoms with Crippen LogP contribution in [0.3, 0.4) is 0 Å². The van der Waals surface area contributed by atoms with Crippen molar-refractivity contribution < 1.29 is 0 Å². The fourth-order valence-corrected chi connectivity index (χ4v) is 2.89. The van der Waals surface area contributed by atoms with E-state index in [0.29, 0.717) is 0 Å². The maximum absolute atomic E-state index is 4.23. The molecule has 0 spiro atoms. The molecule has 0 saturated carbocycles. The summed E-state index contributed by atoms with van der Waals surface area (Å²) in [5.41, 5.74) is 7.85. The summed E-state index contributed by atoms with van der Waals surface area (Å²) >= 11 is 0. The first kappa shape index (κ1) is 18.9. The van der Waals surface area contributed by atoms with E-state index in [9.17, 15) is 0 Å². The van der Waals surface area contributed by atoms with E-state index in [-0.39, 0.29) is 0 Å². The zero-order chi connectivity index (χ0) is 18.1. The van der Waals surface area contributed by atoms with E-state index in [4.69, 9.17) is 0 Å². The standard InChI is InChI=1S/C8H11N.C8H8.C7H9N/c1-6-4-7(2)9-8(3)5-6;1-2-7-4-5-8(3-1)6-7;1-2-7-3-5-8-6-4-7/h4-5H,1-3H3;1-3,6H,4-5H2;3-6H,2H2,1H3. The summed E-state index contributed by atoms with van der Waals surface area (Å²) < 4.78 is 0. The van der Waals surface area contributed by atoms with Crippen LogP contribution in [0.4, 0.5) is 0 Å². The van der Waals surface area contributed by atoms with Crippen LogP contribution < -0.4 is 0 Å². The Hall–Kier alpha value is -2.48. The lowest BCUT2D eigenvalue weighted by atomic mass is 10.2. The fraction of sp³-hybridized carbons (Fsp3) is 0.304. The van der Waals surface area contributed by atoms with Gasteiger partial charge >= 0.3 is 0 Å². The van der Waals surface area contributed by atoms with E-state index in [1.807, 2.05) is 38.4 Å². The maximum atomic E-state index is 4.23. The third-order valence-corrected chi connectivity index (χ3v) is 4.08. The molecule has 2 nitrogen and oxygen atoms in total. The molecule has 0 atom stereocenters. The molecule has 25 heavy (non-hydrogen) atoms. The second-order valence-electron chi connectivity index (χ2n) is 6.46. The Morgan fingerprint density at radius 3 is 1.76 bits per heavy atom. The monoisotopic (exact) mass is 332 g/mol. The smallest absolute Gasteiger partial charge is 0.0378 e. The number of aromatic nitrogens is 2. The third kappa shape index (κ3) is 6.88. The van der Waals surface area contributed by atoms with Crippen LogP contribution in [0.2, 0.25) is 0 Å². The molecule has 0 aliphatic heterocycles. The molecule has 2 heteroatoms. The number of benzene rings is 1. The van der Waals surface area contributed by atoms with Crippen LogP contribution >= 0.6 is 0 Å². The maximum Gasteiger partial charge on any atom is 0.0378 e. The topological polar surface area (TPSA) is 25.8 Å². The Bertz CT molecular complexity index is 708. The third-order valence-electron chi connectivity index (χ3n) is 4.08. The van der Waals surface area contributed by atoms with Gasteiger partial charge < -0.3 is 0 Å². The molecular weight excluding hydrogens is 304 g/mol. The highest BCUT2D eigenvalue weighted by Gasteiger charge is 2.02. The van der Waals surface area contributed by atoms with E-state index >= 15 is 0 Å². The second kappa shape index (κ2) is 9.73. The minimum Gasteiger partial charge on any atom is -0.265 e. The molecule has 0 saturated heterocycles. The van der Waals surface area contributed by atoms with Gasteiger partial charge in [0.1, 0.15) is 0 Å². The summed E-state index contributed by atoms with van der Waals surface area (Å²) in [6, 6.07) is 17.0. The van der Waals surface area contributed by atoms with Crippen molar-refractivity contribution in [2.24, 2.45) is 0 Å². The van der Waals surface area contributed by atoms with E-state index in [2.05, 4.69) is 60.2 Å². The predicted octanol–water partition coefficient (Wildman–Crippen LogP) is 5.44. The lowest BCUT2D eigenvalue weighted by Gasteiger charge is -1.96. The molecule has 130 valence electrons. The van der Waals surface area contributed by atoms with Crippen LogP contribution in [0.5, 0.6) is 0 Å². The number of nitrogens with zero attached hydrogens (tertiary/aromatic N) is 2. The molecule has 0 N–H and O–H groups in total. The van der Waals surface area contributed by atoms with Gasteiger partial charge in [0.05, 0.1) is 0 Å². The number of aryl methyl sites for hydroxylation is 6. The van der Waals surface area contributed by atoms with Gasteiger partial charge in [0.25, 0.3) is 0 Å². The molecule has 3 aromatic rings. The molecule has 0 radical (unpaired) electrons. The largest absolute Gasteiger partial charge is 0.265 e. The summed E-state index contributed by atoms with van der Waals surface area (Å²) in [6.45, 7) is 8.25. The SMILES string of the molecule is CCc1ccncc1.Cc1cc(C)nc(C)c1.c1cc2cc(c1)CC2. The average molecular weight is 332 g/mol. The zero-order valence-corrected chi connectivity index (χ0v) is 15.8. The molecule has 2 heterocycles. The van der Waals surface area contributed by atoms with Gasteiger partial charge in [-0.3, -0.25) is 9.97 Å². The van der Waals surface area contributed by atoms with Crippen molar-refractivity contribution in [3.05, 3.63) is 94.6 Å². The minimum absolute atomic E-state index is 1.10. The Morgan fingerprint density at radius 1 is 0.800 bits per heavy atom. The normalized spacial score (nSPS) is 11.0. The van der Waals surface area contributed by atoms with Gasteiger partial charge in [-0.2, -0.15) is 0 Å². The average Bonchev–Trinajstić information content (AvgIpc) is 2.93. The number of rotatable bonds is 1. The van der Waals surface area contributed by atoms with Crippen molar-refractivity contribution in [2.45, 2.75) is 47.0 Å². The van der Waals surface area contributed by atoms with Crippen molar-refractivity contribution in [3.8, 4) is 0 Å². The quantitative estimate of drug-likeness (QED) is 0.593. The van der Waals surface area contributed by atoms with Crippen LogP contribution in [0.25, 0.3) is 0 Å². The van der Waals surface area contributed by atoms with Crippen molar-refractivity contribution in [3.63, 3.8) is 0 Å². The molecule has 1 aliphatic carbocycles. The first-order chi connectivity index (χ1) is 12.1. The van der Waals surface area contributed by atoms with Gasteiger partial charge in [-0.25, -0.2) is 0 Å². The summed E-state index contributed by atoms with van der Waals surface area (Å²) in [7, 11) is 0. The van der Waals surface area contributed by atoms with Crippen LogP contribution in [-0.4, -0.2) is 9.97 Å². The Balaban J connectivity index is 0.000000135. The summed E-state index contributed by atoms with van der Waals surface area (Å²) in [4.78, 5) is 8.13. The number of hydrogen-bond acceptors (Lipinski definition) is 2. The van der Waals surface area contributed by atoms with Crippen LogP contribution in [0.15, 0.2) is 60.9 Å². The van der Waals surface area contributed by atoms with E-state index in [1.165, 1.54) is 35.1 Å². The van der Waals surface area contributed by atoms with Crippen molar-refractivity contribution in [1.82, 2.24) is 9.97 Å². The van der Waals surface area contributed by atoms with E-state index in [0.717, 1.165) is 17.8 Å². The summed E-state index contributed by atoms with van der Waals surface area (Å²) in [5.74, 6) is 0. The molecule has 2 aromatic heterocycles. The summed E-state index contributed by atoms with van der Waals surface area (Å²) in [5, 5.41) is 0. The summed E-state index contributed by atoms with van der Waals surface area (Å²) in [6.07, 6.45) is 7.27. The van der Waals surface area contributed by atoms with Gasteiger partial charge in [0.15, 0.2) is 0 Å². The lowest BCUT2D eigenvalue weighted by Crippen LogP contribution is -1.85. The van der Waals surface area contributed by atoms with Gasteiger partial charge in [-0.05, 0) is 86.6 Å². The van der Waals surface area contributed by atoms with Gasteiger partial charge in [0.2, 0.25) is 0 Å². The number of pyridine rings is 2. The highest BCUT2D eigenvalue weighted by atomic mass is 14.7. The van der Waals surface area contributed by atoms with Crippen LogP contribution in [0, 0.1) is 20.8 Å². The van der Waals surface area contributed by atoms with Crippen molar-refractivity contribution in [2.75, 3.05) is 0 Å². The highest BCUT2D eigenvalue weighted by molar-refractivity contribution is 5.29. The first-order valence-corrected chi connectivity index (χ1v) is 8.95. The zero-order valence-electron chi connectivity index (χ0n) is 15.8. The molecule has 0 amide bonds. The minimum atomic E-state index is 1.10. The molecule has 0 unspecified atom stereocenters.